The molecule has 0 aliphatic heterocycles. The molecule has 1 aromatic carbocycles. The normalized spacial score (nSPS) is 11.6. The maximum atomic E-state index is 12.3. The molecule has 0 aliphatic rings. The van der Waals surface area contributed by atoms with Crippen molar-refractivity contribution in [2.24, 2.45) is 10.2 Å². The molecule has 6 nitrogen and oxygen atoms in total. The number of pyridine rings is 1. The van der Waals surface area contributed by atoms with E-state index in [2.05, 4.69) is 29.1 Å². The third-order valence-corrected chi connectivity index (χ3v) is 4.11. The van der Waals surface area contributed by atoms with Gasteiger partial charge in [0.25, 0.3) is 0 Å². The third-order valence-electron chi connectivity index (χ3n) is 4.11. The molecule has 0 bridgehead atoms. The molecule has 0 saturated heterocycles. The van der Waals surface area contributed by atoms with Gasteiger partial charge in [0.15, 0.2) is 11.5 Å². The summed E-state index contributed by atoms with van der Waals surface area (Å²) < 4.78 is 6.87. The van der Waals surface area contributed by atoms with Crippen LogP contribution in [-0.2, 0) is 4.74 Å². The number of hydrogen-bond acceptors (Lipinski definition) is 5. The summed E-state index contributed by atoms with van der Waals surface area (Å²) in [5.74, 6) is 0.327. The van der Waals surface area contributed by atoms with Gasteiger partial charge >= 0.3 is 5.97 Å². The van der Waals surface area contributed by atoms with Gasteiger partial charge in [0.05, 0.1) is 12.3 Å². The van der Waals surface area contributed by atoms with E-state index in [1.54, 1.807) is 11.3 Å². The monoisotopic (exact) mass is 350 g/mol. The van der Waals surface area contributed by atoms with Crippen molar-refractivity contribution in [2.45, 2.75) is 33.6 Å². The number of rotatable bonds is 5. The van der Waals surface area contributed by atoms with E-state index in [4.69, 9.17) is 4.74 Å². The van der Waals surface area contributed by atoms with E-state index in [0.717, 1.165) is 5.56 Å². The van der Waals surface area contributed by atoms with Crippen LogP contribution in [-0.4, -0.2) is 22.0 Å². The second kappa shape index (κ2) is 7.47. The number of fused-ring (bicyclic) bond motifs is 1. The van der Waals surface area contributed by atoms with Gasteiger partial charge in [0.1, 0.15) is 5.65 Å². The van der Waals surface area contributed by atoms with Crippen molar-refractivity contribution in [2.75, 3.05) is 6.61 Å². The summed E-state index contributed by atoms with van der Waals surface area (Å²) in [5.41, 5.74) is 3.73. The van der Waals surface area contributed by atoms with Crippen LogP contribution >= 0.6 is 0 Å². The van der Waals surface area contributed by atoms with E-state index in [9.17, 15) is 4.79 Å². The molecule has 0 amide bonds. The Morgan fingerprint density at radius 2 is 1.92 bits per heavy atom. The topological polar surface area (TPSA) is 68.3 Å². The molecule has 2 heterocycles. The van der Waals surface area contributed by atoms with Gasteiger partial charge in [-0.1, -0.05) is 32.0 Å². The third kappa shape index (κ3) is 3.49. The first-order valence-corrected chi connectivity index (χ1v) is 8.67. The van der Waals surface area contributed by atoms with Crippen LogP contribution in [0.3, 0.4) is 0 Å². The minimum Gasteiger partial charge on any atom is -0.461 e. The van der Waals surface area contributed by atoms with Crippen LogP contribution in [0.4, 0.5) is 11.5 Å². The number of benzene rings is 1. The Morgan fingerprint density at radius 1 is 1.19 bits per heavy atom. The number of esters is 1. The molecule has 0 N–H and O–H groups in total. The van der Waals surface area contributed by atoms with Gasteiger partial charge in [0.2, 0.25) is 0 Å². The molecule has 2 aromatic heterocycles. The number of aryl methyl sites for hydroxylation is 1. The molecule has 0 fully saturated rings. The lowest BCUT2D eigenvalue weighted by molar-refractivity contribution is 0.0521. The first-order valence-electron chi connectivity index (χ1n) is 8.67. The molecule has 3 rings (SSSR count). The lowest BCUT2D eigenvalue weighted by Crippen LogP contribution is -2.05. The fraction of sp³-hybridized carbons (Fsp3) is 0.300. The summed E-state index contributed by atoms with van der Waals surface area (Å²) in [4.78, 5) is 16.7. The summed E-state index contributed by atoms with van der Waals surface area (Å²) in [6.07, 6.45) is 1.81. The fourth-order valence-corrected chi connectivity index (χ4v) is 2.65. The van der Waals surface area contributed by atoms with Crippen LogP contribution in [0.25, 0.3) is 5.65 Å². The van der Waals surface area contributed by atoms with Crippen molar-refractivity contribution in [3.05, 3.63) is 59.4 Å². The highest BCUT2D eigenvalue weighted by Crippen LogP contribution is 2.27. The maximum Gasteiger partial charge on any atom is 0.360 e. The molecular formula is C20H22N4O2. The molecular weight excluding hydrogens is 328 g/mol. The Labute approximate surface area is 152 Å². The summed E-state index contributed by atoms with van der Waals surface area (Å²) in [6, 6.07) is 11.7. The van der Waals surface area contributed by atoms with E-state index >= 15 is 0 Å². The highest BCUT2D eigenvalue weighted by atomic mass is 16.5. The zero-order valence-electron chi connectivity index (χ0n) is 15.4. The molecule has 0 atom stereocenters. The lowest BCUT2D eigenvalue weighted by atomic mass is 10.0. The average molecular weight is 350 g/mol. The summed E-state index contributed by atoms with van der Waals surface area (Å²) in [5, 5.41) is 8.60. The van der Waals surface area contributed by atoms with Crippen molar-refractivity contribution in [1.82, 2.24) is 9.38 Å². The van der Waals surface area contributed by atoms with Gasteiger partial charge in [-0.3, -0.25) is 4.40 Å². The Bertz CT molecular complexity index is 956. The first kappa shape index (κ1) is 17.8. The number of aromatic nitrogens is 2. The maximum absolute atomic E-state index is 12.3. The zero-order valence-corrected chi connectivity index (χ0v) is 15.4. The van der Waals surface area contributed by atoms with Crippen molar-refractivity contribution in [3.8, 4) is 0 Å². The summed E-state index contributed by atoms with van der Waals surface area (Å²) >= 11 is 0. The zero-order chi connectivity index (χ0) is 18.7. The minimum absolute atomic E-state index is 0.170. The highest BCUT2D eigenvalue weighted by Gasteiger charge is 2.21. The van der Waals surface area contributed by atoms with Gasteiger partial charge in [-0.2, -0.15) is 0 Å². The first-order chi connectivity index (χ1) is 12.5. The lowest BCUT2D eigenvalue weighted by Gasteiger charge is -2.04. The minimum atomic E-state index is -0.500. The number of hydrogen-bond donors (Lipinski definition) is 0. The van der Waals surface area contributed by atoms with Crippen LogP contribution in [0.15, 0.2) is 52.8 Å². The molecule has 0 unspecified atom stereocenters. The van der Waals surface area contributed by atoms with Crippen LogP contribution in [0.2, 0.25) is 0 Å². The molecule has 0 spiro atoms. The Hall–Kier alpha value is -3.02. The Morgan fingerprint density at radius 3 is 2.58 bits per heavy atom. The van der Waals surface area contributed by atoms with Crippen molar-refractivity contribution < 1.29 is 9.53 Å². The van der Waals surface area contributed by atoms with Crippen molar-refractivity contribution >= 4 is 23.1 Å². The molecule has 134 valence electrons. The average Bonchev–Trinajstić information content (AvgIpc) is 3.00. The molecule has 6 heteroatoms. The SMILES string of the molecule is CCOC(=O)c1nc2c(C)cccn2c1N=Nc1ccc(C(C)C)cc1. The van der Waals surface area contributed by atoms with E-state index in [-0.39, 0.29) is 12.3 Å². The standard InChI is InChI=1S/C20H22N4O2/c1-5-26-20(25)17-19(24-12-6-7-14(4)18(24)21-17)23-22-16-10-8-15(9-11-16)13(2)3/h6-13H,5H2,1-4H3. The molecule has 0 saturated carbocycles. The Balaban J connectivity index is 2.03. The second-order valence-corrected chi connectivity index (χ2v) is 6.34. The van der Waals surface area contributed by atoms with Crippen LogP contribution in [0, 0.1) is 6.92 Å². The molecule has 26 heavy (non-hydrogen) atoms. The van der Waals surface area contributed by atoms with Crippen LogP contribution in [0.1, 0.15) is 48.3 Å². The molecule has 0 radical (unpaired) electrons. The highest BCUT2D eigenvalue weighted by molar-refractivity contribution is 5.93. The van der Waals surface area contributed by atoms with Gasteiger partial charge < -0.3 is 4.74 Å². The summed E-state index contributed by atoms with van der Waals surface area (Å²) in [7, 11) is 0. The predicted octanol–water partition coefficient (Wildman–Crippen LogP) is 5.36. The Kier molecular flexibility index (Phi) is 5.11. The molecule has 0 aliphatic carbocycles. The van der Waals surface area contributed by atoms with Gasteiger partial charge in [-0.25, -0.2) is 9.78 Å². The van der Waals surface area contributed by atoms with Crippen LogP contribution in [0.5, 0.6) is 0 Å². The predicted molar refractivity (Wildman–Crippen MR) is 101 cm³/mol. The number of imidazole rings is 1. The summed E-state index contributed by atoms with van der Waals surface area (Å²) in [6.45, 7) is 8.25. The number of ether oxygens (including phenoxy) is 1. The van der Waals surface area contributed by atoms with Crippen LogP contribution < -0.4 is 0 Å². The van der Waals surface area contributed by atoms with E-state index in [0.29, 0.717) is 23.1 Å². The smallest absolute Gasteiger partial charge is 0.360 e. The van der Waals surface area contributed by atoms with E-state index in [1.165, 1.54) is 5.56 Å². The molecule has 3 aromatic rings. The number of carbonyl (C=O) groups excluding carboxylic acids is 1. The van der Waals surface area contributed by atoms with Gasteiger partial charge in [0, 0.05) is 6.20 Å². The fourth-order valence-electron chi connectivity index (χ4n) is 2.65. The van der Waals surface area contributed by atoms with E-state index in [1.807, 2.05) is 49.5 Å². The largest absolute Gasteiger partial charge is 0.461 e. The second-order valence-electron chi connectivity index (χ2n) is 6.34. The number of azo groups is 1. The van der Waals surface area contributed by atoms with Crippen molar-refractivity contribution in [3.63, 3.8) is 0 Å². The van der Waals surface area contributed by atoms with Crippen molar-refractivity contribution in [1.29, 1.82) is 0 Å². The number of nitrogens with zero attached hydrogens (tertiary/aromatic N) is 4. The van der Waals surface area contributed by atoms with Gasteiger partial charge in [-0.05, 0) is 49.1 Å². The number of carbonyl (C=O) groups is 1. The van der Waals surface area contributed by atoms with Gasteiger partial charge in [-0.15, -0.1) is 10.2 Å². The quantitative estimate of drug-likeness (QED) is 0.459. The van der Waals surface area contributed by atoms with E-state index < -0.39 is 5.97 Å².